The summed E-state index contributed by atoms with van der Waals surface area (Å²) in [6.07, 6.45) is 0. The summed E-state index contributed by atoms with van der Waals surface area (Å²) < 4.78 is 21.5. The molecule has 4 nitrogen and oxygen atoms in total. The molecule has 1 heterocycles. The molecule has 0 radical (unpaired) electrons. The van der Waals surface area contributed by atoms with Crippen molar-refractivity contribution in [1.82, 2.24) is 15.1 Å². The van der Waals surface area contributed by atoms with Crippen molar-refractivity contribution in [2.75, 3.05) is 6.54 Å². The molecule has 114 valence electrons. The van der Waals surface area contributed by atoms with Crippen molar-refractivity contribution in [3.8, 4) is 5.75 Å². The van der Waals surface area contributed by atoms with Crippen LogP contribution in [-0.4, -0.2) is 16.3 Å². The molecule has 2 rings (SSSR count). The average Bonchev–Trinajstić information content (AvgIpc) is 2.75. The van der Waals surface area contributed by atoms with Gasteiger partial charge >= 0.3 is 0 Å². The first kappa shape index (κ1) is 15.5. The first-order valence-electron chi connectivity index (χ1n) is 7.16. The van der Waals surface area contributed by atoms with E-state index in [1.165, 1.54) is 6.07 Å². The zero-order valence-corrected chi connectivity index (χ0v) is 13.0. The van der Waals surface area contributed by atoms with Crippen LogP contribution in [0.1, 0.15) is 36.8 Å². The molecule has 1 N–H and O–H groups in total. The maximum absolute atomic E-state index is 14.1. The van der Waals surface area contributed by atoms with E-state index in [9.17, 15) is 4.39 Å². The van der Waals surface area contributed by atoms with Crippen molar-refractivity contribution in [3.63, 3.8) is 0 Å². The van der Waals surface area contributed by atoms with Crippen LogP contribution in [0.3, 0.4) is 0 Å². The monoisotopic (exact) mass is 291 g/mol. The molecule has 0 saturated carbocycles. The van der Waals surface area contributed by atoms with Crippen molar-refractivity contribution in [1.29, 1.82) is 0 Å². The van der Waals surface area contributed by atoms with Crippen LogP contribution < -0.4 is 10.1 Å². The van der Waals surface area contributed by atoms with Gasteiger partial charge in [-0.25, -0.2) is 4.39 Å². The van der Waals surface area contributed by atoms with Crippen LogP contribution in [0.25, 0.3) is 0 Å². The van der Waals surface area contributed by atoms with Crippen LogP contribution in [0.2, 0.25) is 0 Å². The number of hydrogen-bond acceptors (Lipinski definition) is 3. The molecule has 0 aliphatic carbocycles. The first-order chi connectivity index (χ1) is 10.0. The molecule has 0 bridgehead atoms. The third-order valence-corrected chi connectivity index (χ3v) is 3.43. The lowest BCUT2D eigenvalue weighted by Crippen LogP contribution is -2.18. The molecule has 0 fully saturated rings. The van der Waals surface area contributed by atoms with Crippen LogP contribution in [0.4, 0.5) is 4.39 Å². The SMILES string of the molecule is CCNC(C)c1ccc(OCc2cc(C)nn2C)cc1F. The molecule has 0 saturated heterocycles. The van der Waals surface area contributed by atoms with Crippen LogP contribution in [0.5, 0.6) is 5.75 Å². The summed E-state index contributed by atoms with van der Waals surface area (Å²) in [4.78, 5) is 0. The average molecular weight is 291 g/mol. The van der Waals surface area contributed by atoms with Gasteiger partial charge in [-0.05, 0) is 32.5 Å². The minimum Gasteiger partial charge on any atom is -0.487 e. The number of benzene rings is 1. The van der Waals surface area contributed by atoms with E-state index in [2.05, 4.69) is 10.4 Å². The van der Waals surface area contributed by atoms with E-state index in [0.717, 1.165) is 17.9 Å². The Labute approximate surface area is 124 Å². The summed E-state index contributed by atoms with van der Waals surface area (Å²) in [7, 11) is 1.87. The lowest BCUT2D eigenvalue weighted by Gasteiger charge is -2.14. The van der Waals surface area contributed by atoms with Gasteiger partial charge < -0.3 is 10.1 Å². The minimum absolute atomic E-state index is 0.0104. The molecule has 21 heavy (non-hydrogen) atoms. The molecular weight excluding hydrogens is 269 g/mol. The van der Waals surface area contributed by atoms with Gasteiger partial charge in [-0.2, -0.15) is 5.10 Å². The highest BCUT2D eigenvalue weighted by molar-refractivity contribution is 5.30. The topological polar surface area (TPSA) is 39.1 Å². The summed E-state index contributed by atoms with van der Waals surface area (Å²) in [5.74, 6) is 0.279. The number of aryl methyl sites for hydroxylation is 2. The standard InChI is InChI=1S/C16H22FN3O/c1-5-18-12(3)15-7-6-14(9-16(15)17)21-10-13-8-11(2)19-20(13)4/h6-9,12,18H,5,10H2,1-4H3. The summed E-state index contributed by atoms with van der Waals surface area (Å²) in [6.45, 7) is 7.06. The van der Waals surface area contributed by atoms with Crippen molar-refractivity contribution in [3.05, 3.63) is 47.0 Å². The smallest absolute Gasteiger partial charge is 0.131 e. The van der Waals surface area contributed by atoms with Crippen LogP contribution in [-0.2, 0) is 13.7 Å². The summed E-state index contributed by atoms with van der Waals surface area (Å²) >= 11 is 0. The second-order valence-corrected chi connectivity index (χ2v) is 5.15. The quantitative estimate of drug-likeness (QED) is 0.889. The highest BCUT2D eigenvalue weighted by Crippen LogP contribution is 2.22. The number of rotatable bonds is 6. The minimum atomic E-state index is -0.248. The van der Waals surface area contributed by atoms with Crippen LogP contribution in [0.15, 0.2) is 24.3 Å². The summed E-state index contributed by atoms with van der Waals surface area (Å²) in [5.41, 5.74) is 2.55. The number of ether oxygens (including phenoxy) is 1. The largest absolute Gasteiger partial charge is 0.487 e. The van der Waals surface area contributed by atoms with Crippen molar-refractivity contribution < 1.29 is 9.13 Å². The second-order valence-electron chi connectivity index (χ2n) is 5.15. The molecule has 1 atom stereocenters. The van der Waals surface area contributed by atoms with Crippen molar-refractivity contribution in [2.24, 2.45) is 7.05 Å². The Hall–Kier alpha value is -1.88. The number of hydrogen-bond donors (Lipinski definition) is 1. The fourth-order valence-corrected chi connectivity index (χ4v) is 2.32. The Morgan fingerprint density at radius 1 is 1.38 bits per heavy atom. The van der Waals surface area contributed by atoms with Gasteiger partial charge in [0.15, 0.2) is 0 Å². The molecule has 0 aliphatic rings. The fraction of sp³-hybridized carbons (Fsp3) is 0.438. The van der Waals surface area contributed by atoms with E-state index in [1.807, 2.05) is 33.9 Å². The molecule has 5 heteroatoms. The Morgan fingerprint density at radius 3 is 2.71 bits per heavy atom. The Bertz CT molecular complexity index is 610. The maximum Gasteiger partial charge on any atom is 0.131 e. The fourth-order valence-electron chi connectivity index (χ4n) is 2.32. The summed E-state index contributed by atoms with van der Waals surface area (Å²) in [5, 5.41) is 7.45. The van der Waals surface area contributed by atoms with Crippen LogP contribution >= 0.6 is 0 Å². The maximum atomic E-state index is 14.1. The van der Waals surface area contributed by atoms with Crippen molar-refractivity contribution in [2.45, 2.75) is 33.4 Å². The number of nitrogens with one attached hydrogen (secondary N) is 1. The van der Waals surface area contributed by atoms with Crippen molar-refractivity contribution >= 4 is 0 Å². The highest BCUT2D eigenvalue weighted by Gasteiger charge is 2.11. The molecule has 1 aromatic heterocycles. The van der Waals surface area contributed by atoms with Gasteiger partial charge in [0.1, 0.15) is 18.2 Å². The van der Waals surface area contributed by atoms with E-state index >= 15 is 0 Å². The predicted molar refractivity (Wildman–Crippen MR) is 80.8 cm³/mol. The van der Waals surface area contributed by atoms with Gasteiger partial charge in [0, 0.05) is 24.7 Å². The van der Waals surface area contributed by atoms with Gasteiger partial charge in [0.2, 0.25) is 0 Å². The molecule has 1 aromatic carbocycles. The molecule has 0 spiro atoms. The number of aromatic nitrogens is 2. The normalized spacial score (nSPS) is 12.4. The van der Waals surface area contributed by atoms with E-state index in [-0.39, 0.29) is 11.9 Å². The molecule has 1 unspecified atom stereocenters. The van der Waals surface area contributed by atoms with Gasteiger partial charge in [0.05, 0.1) is 11.4 Å². The first-order valence-corrected chi connectivity index (χ1v) is 7.16. The molecular formula is C16H22FN3O. The second kappa shape index (κ2) is 6.72. The third-order valence-electron chi connectivity index (χ3n) is 3.43. The van der Waals surface area contributed by atoms with E-state index < -0.39 is 0 Å². The summed E-state index contributed by atoms with van der Waals surface area (Å²) in [6, 6.07) is 6.95. The zero-order valence-electron chi connectivity index (χ0n) is 13.0. The highest BCUT2D eigenvalue weighted by atomic mass is 19.1. The number of nitrogens with zero attached hydrogens (tertiary/aromatic N) is 2. The Kier molecular flexibility index (Phi) is 4.96. The Balaban J connectivity index is 2.05. The van der Waals surface area contributed by atoms with E-state index in [4.69, 9.17) is 4.74 Å². The molecule has 0 amide bonds. The predicted octanol–water partition coefficient (Wildman–Crippen LogP) is 3.12. The zero-order chi connectivity index (χ0) is 15.4. The van der Waals surface area contributed by atoms with Gasteiger partial charge in [0.25, 0.3) is 0 Å². The third kappa shape index (κ3) is 3.82. The molecule has 0 aliphatic heterocycles. The lowest BCUT2D eigenvalue weighted by atomic mass is 10.1. The van der Waals surface area contributed by atoms with E-state index in [0.29, 0.717) is 17.9 Å². The van der Waals surface area contributed by atoms with Gasteiger partial charge in [-0.15, -0.1) is 0 Å². The van der Waals surface area contributed by atoms with Gasteiger partial charge in [-0.1, -0.05) is 13.0 Å². The van der Waals surface area contributed by atoms with Gasteiger partial charge in [-0.3, -0.25) is 4.68 Å². The Morgan fingerprint density at radius 2 is 2.14 bits per heavy atom. The number of halogens is 1. The molecule has 2 aromatic rings. The van der Waals surface area contributed by atoms with E-state index in [1.54, 1.807) is 16.8 Å². The van der Waals surface area contributed by atoms with Crippen LogP contribution in [0, 0.1) is 12.7 Å². The lowest BCUT2D eigenvalue weighted by molar-refractivity contribution is 0.293.